The van der Waals surface area contributed by atoms with Gasteiger partial charge in [-0.15, -0.1) is 0 Å². The summed E-state index contributed by atoms with van der Waals surface area (Å²) in [6.45, 7) is 0. The van der Waals surface area contributed by atoms with Gasteiger partial charge in [-0.25, -0.2) is 0 Å². The van der Waals surface area contributed by atoms with Crippen LogP contribution in [0.1, 0.15) is 22.9 Å². The highest BCUT2D eigenvalue weighted by Gasteiger charge is 2.08. The van der Waals surface area contributed by atoms with Crippen molar-refractivity contribution in [2.24, 2.45) is 9.98 Å². The average molecular weight is 399 g/mol. The number of rotatable bonds is 5. The fraction of sp³-hybridized carbons (Fsp3) is 0.0476. The van der Waals surface area contributed by atoms with Crippen molar-refractivity contribution in [3.8, 4) is 11.5 Å². The van der Waals surface area contributed by atoms with Gasteiger partial charge in [-0.2, -0.15) is 0 Å². The SMILES string of the molecule is Oc1ccc(Cl)cc1/C=N/C(/N=C/c1cc(Cl)ccc1O)c1ccccc1. The third-order valence-electron chi connectivity index (χ3n) is 3.79. The van der Waals surface area contributed by atoms with Crippen LogP contribution in [0.2, 0.25) is 10.0 Å². The number of nitrogens with zero attached hydrogens (tertiary/aromatic N) is 2. The summed E-state index contributed by atoms with van der Waals surface area (Å²) >= 11 is 12.0. The van der Waals surface area contributed by atoms with Gasteiger partial charge in [0.15, 0.2) is 6.17 Å². The molecule has 6 heteroatoms. The quantitative estimate of drug-likeness (QED) is 0.545. The van der Waals surface area contributed by atoms with E-state index in [0.29, 0.717) is 21.2 Å². The van der Waals surface area contributed by atoms with E-state index < -0.39 is 6.17 Å². The maximum absolute atomic E-state index is 9.96. The Kier molecular flexibility index (Phi) is 6.12. The smallest absolute Gasteiger partial charge is 0.165 e. The lowest BCUT2D eigenvalue weighted by Crippen LogP contribution is -1.95. The molecule has 0 saturated carbocycles. The molecule has 136 valence electrons. The Hall–Kier alpha value is -2.82. The molecule has 0 heterocycles. The normalized spacial score (nSPS) is 11.7. The second-order valence-electron chi connectivity index (χ2n) is 5.75. The Bertz CT molecular complexity index is 927. The summed E-state index contributed by atoms with van der Waals surface area (Å²) in [6.07, 6.45) is 2.48. The zero-order valence-corrected chi connectivity index (χ0v) is 15.6. The number of aromatic hydroxyl groups is 2. The lowest BCUT2D eigenvalue weighted by Gasteiger charge is -2.09. The van der Waals surface area contributed by atoms with Gasteiger partial charge in [-0.05, 0) is 42.0 Å². The first-order valence-electron chi connectivity index (χ1n) is 8.11. The van der Waals surface area contributed by atoms with E-state index >= 15 is 0 Å². The van der Waals surface area contributed by atoms with E-state index in [0.717, 1.165) is 5.56 Å². The van der Waals surface area contributed by atoms with E-state index in [1.807, 2.05) is 30.3 Å². The number of hydrogen-bond acceptors (Lipinski definition) is 4. The highest BCUT2D eigenvalue weighted by molar-refractivity contribution is 6.31. The molecular formula is C21H16Cl2N2O2. The molecule has 2 N–H and O–H groups in total. The number of halogens is 2. The molecule has 0 bridgehead atoms. The van der Waals surface area contributed by atoms with Gasteiger partial charge in [0.25, 0.3) is 0 Å². The molecule has 27 heavy (non-hydrogen) atoms. The first-order valence-corrected chi connectivity index (χ1v) is 8.87. The fourth-order valence-corrected chi connectivity index (χ4v) is 2.76. The van der Waals surface area contributed by atoms with Crippen LogP contribution in [0.5, 0.6) is 11.5 Å². The fourth-order valence-electron chi connectivity index (χ4n) is 2.40. The molecule has 0 atom stereocenters. The molecule has 0 aliphatic rings. The summed E-state index contributed by atoms with van der Waals surface area (Å²) in [4.78, 5) is 8.95. The monoisotopic (exact) mass is 398 g/mol. The van der Waals surface area contributed by atoms with Crippen molar-refractivity contribution >= 4 is 35.6 Å². The summed E-state index contributed by atoms with van der Waals surface area (Å²) < 4.78 is 0. The summed E-state index contributed by atoms with van der Waals surface area (Å²) in [5.74, 6) is 0.151. The molecule has 0 aromatic heterocycles. The van der Waals surface area contributed by atoms with Crippen LogP contribution in [0.25, 0.3) is 0 Å². The van der Waals surface area contributed by atoms with Crippen LogP contribution in [-0.2, 0) is 0 Å². The molecule has 0 spiro atoms. The molecule has 0 aliphatic heterocycles. The van der Waals surface area contributed by atoms with Crippen molar-refractivity contribution < 1.29 is 10.2 Å². The summed E-state index contributed by atoms with van der Waals surface area (Å²) in [5.41, 5.74) is 1.83. The molecule has 4 nitrogen and oxygen atoms in total. The highest BCUT2D eigenvalue weighted by Crippen LogP contribution is 2.24. The predicted molar refractivity (Wildman–Crippen MR) is 111 cm³/mol. The summed E-state index contributed by atoms with van der Waals surface area (Å²) in [5, 5.41) is 20.9. The van der Waals surface area contributed by atoms with Crippen molar-refractivity contribution in [1.29, 1.82) is 0 Å². The van der Waals surface area contributed by atoms with Crippen LogP contribution < -0.4 is 0 Å². The second kappa shape index (κ2) is 8.71. The number of hydrogen-bond donors (Lipinski definition) is 2. The van der Waals surface area contributed by atoms with Gasteiger partial charge in [0, 0.05) is 33.6 Å². The maximum atomic E-state index is 9.96. The van der Waals surface area contributed by atoms with E-state index in [9.17, 15) is 10.2 Å². The molecule has 3 aromatic rings. The minimum absolute atomic E-state index is 0.0754. The van der Waals surface area contributed by atoms with Crippen molar-refractivity contribution in [3.63, 3.8) is 0 Å². The summed E-state index contributed by atoms with van der Waals surface area (Å²) in [6, 6.07) is 18.9. The molecule has 0 amide bonds. The number of phenolic OH excluding ortho intramolecular Hbond substituents is 2. The lowest BCUT2D eigenvalue weighted by molar-refractivity contribution is 0.474. The Balaban J connectivity index is 1.94. The molecule has 0 radical (unpaired) electrons. The molecule has 0 aliphatic carbocycles. The Morgan fingerprint density at radius 1 is 0.704 bits per heavy atom. The first-order chi connectivity index (χ1) is 13.0. The van der Waals surface area contributed by atoms with Crippen molar-refractivity contribution in [2.75, 3.05) is 0 Å². The Morgan fingerprint density at radius 2 is 1.19 bits per heavy atom. The molecule has 0 saturated heterocycles. The molecule has 0 fully saturated rings. The van der Waals surface area contributed by atoms with Crippen LogP contribution in [-0.4, -0.2) is 22.6 Å². The zero-order chi connectivity index (χ0) is 19.2. The standard InChI is InChI=1S/C21H16Cl2N2O2/c22-17-6-8-19(26)15(10-17)12-24-21(14-4-2-1-3-5-14)25-13-16-11-18(23)7-9-20(16)27/h1-13,21,26-27H/b24-12+,25-13+. The van der Waals surface area contributed by atoms with E-state index in [-0.39, 0.29) is 11.5 Å². The van der Waals surface area contributed by atoms with Gasteiger partial charge in [0.2, 0.25) is 0 Å². The zero-order valence-electron chi connectivity index (χ0n) is 14.1. The van der Waals surface area contributed by atoms with E-state index in [2.05, 4.69) is 9.98 Å². The maximum Gasteiger partial charge on any atom is 0.165 e. The van der Waals surface area contributed by atoms with Crippen LogP contribution in [0.4, 0.5) is 0 Å². The second-order valence-corrected chi connectivity index (χ2v) is 6.62. The number of phenols is 2. The van der Waals surface area contributed by atoms with Crippen molar-refractivity contribution in [2.45, 2.75) is 6.17 Å². The van der Waals surface area contributed by atoms with Gasteiger partial charge in [-0.3, -0.25) is 9.98 Å². The van der Waals surface area contributed by atoms with E-state index in [1.165, 1.54) is 24.6 Å². The van der Waals surface area contributed by atoms with Crippen LogP contribution in [0.3, 0.4) is 0 Å². The van der Waals surface area contributed by atoms with E-state index in [4.69, 9.17) is 23.2 Å². The Labute approximate surface area is 167 Å². The van der Waals surface area contributed by atoms with Crippen LogP contribution >= 0.6 is 23.2 Å². The third-order valence-corrected chi connectivity index (χ3v) is 4.26. The van der Waals surface area contributed by atoms with E-state index in [1.54, 1.807) is 24.3 Å². The highest BCUT2D eigenvalue weighted by atomic mass is 35.5. The molecule has 3 aromatic carbocycles. The number of benzene rings is 3. The topological polar surface area (TPSA) is 65.2 Å². The third kappa shape index (κ3) is 5.09. The van der Waals surface area contributed by atoms with Gasteiger partial charge in [0.05, 0.1) is 0 Å². The molecule has 3 rings (SSSR count). The van der Waals surface area contributed by atoms with Crippen LogP contribution in [0.15, 0.2) is 76.7 Å². The largest absolute Gasteiger partial charge is 0.507 e. The molecular weight excluding hydrogens is 383 g/mol. The first kappa shape index (κ1) is 19.0. The van der Waals surface area contributed by atoms with Crippen molar-refractivity contribution in [3.05, 3.63) is 93.5 Å². The van der Waals surface area contributed by atoms with Gasteiger partial charge >= 0.3 is 0 Å². The minimum atomic E-state index is -0.567. The van der Waals surface area contributed by atoms with Crippen LogP contribution in [0, 0.1) is 0 Å². The van der Waals surface area contributed by atoms with Gasteiger partial charge in [-0.1, -0.05) is 53.5 Å². The van der Waals surface area contributed by atoms with Gasteiger partial charge < -0.3 is 10.2 Å². The van der Waals surface area contributed by atoms with Gasteiger partial charge in [0.1, 0.15) is 11.5 Å². The lowest BCUT2D eigenvalue weighted by atomic mass is 10.1. The summed E-state index contributed by atoms with van der Waals surface area (Å²) in [7, 11) is 0. The average Bonchev–Trinajstić information content (AvgIpc) is 2.67. The van der Waals surface area contributed by atoms with Crippen molar-refractivity contribution in [1.82, 2.24) is 0 Å². The minimum Gasteiger partial charge on any atom is -0.507 e. The molecule has 0 unspecified atom stereocenters. The Morgan fingerprint density at radius 3 is 1.67 bits per heavy atom. The number of aliphatic imine (C=N–C) groups is 2. The predicted octanol–water partition coefficient (Wildman–Crippen LogP) is 5.64.